The van der Waals surface area contributed by atoms with E-state index in [9.17, 15) is 4.79 Å². The largest absolute Gasteiger partial charge is 0.480 e. The summed E-state index contributed by atoms with van der Waals surface area (Å²) in [6.45, 7) is 3.71. The second kappa shape index (κ2) is 6.08. The van der Waals surface area contributed by atoms with E-state index in [2.05, 4.69) is 22.0 Å². The van der Waals surface area contributed by atoms with Gasteiger partial charge >= 0.3 is 5.97 Å². The summed E-state index contributed by atoms with van der Waals surface area (Å²) in [6, 6.07) is 7.31. The van der Waals surface area contributed by atoms with Crippen molar-refractivity contribution in [3.63, 3.8) is 0 Å². The summed E-state index contributed by atoms with van der Waals surface area (Å²) >= 11 is 4.54. The highest BCUT2D eigenvalue weighted by Crippen LogP contribution is 2.32. The number of halogens is 1. The SMILES string of the molecule is CC(C)C(Sc1cc(Br)ccc1C#N)C(=O)O. The summed E-state index contributed by atoms with van der Waals surface area (Å²) in [4.78, 5) is 11.8. The van der Waals surface area contributed by atoms with E-state index in [1.165, 1.54) is 11.8 Å². The third kappa shape index (κ3) is 3.76. The Morgan fingerprint density at radius 2 is 2.18 bits per heavy atom. The Morgan fingerprint density at radius 3 is 2.65 bits per heavy atom. The second-order valence-electron chi connectivity index (χ2n) is 3.87. The molecule has 90 valence electrons. The third-order valence-electron chi connectivity index (χ3n) is 2.17. The van der Waals surface area contributed by atoms with E-state index in [4.69, 9.17) is 10.4 Å². The molecule has 0 aliphatic carbocycles. The van der Waals surface area contributed by atoms with E-state index >= 15 is 0 Å². The second-order valence-corrected chi connectivity index (χ2v) is 5.97. The molecule has 1 aromatic rings. The Bertz CT molecular complexity index is 468. The molecule has 0 spiro atoms. The summed E-state index contributed by atoms with van der Waals surface area (Å²) in [5, 5.41) is 17.6. The lowest BCUT2D eigenvalue weighted by Crippen LogP contribution is -2.22. The molecule has 1 aromatic carbocycles. The van der Waals surface area contributed by atoms with Gasteiger partial charge in [-0.1, -0.05) is 29.8 Å². The standard InChI is InChI=1S/C12H12BrNO2S/c1-7(2)11(12(15)16)17-10-5-9(13)4-3-8(10)6-14/h3-5,7,11H,1-2H3,(H,15,16). The van der Waals surface area contributed by atoms with Crippen molar-refractivity contribution in [2.24, 2.45) is 5.92 Å². The number of carbonyl (C=O) groups is 1. The number of nitriles is 1. The zero-order chi connectivity index (χ0) is 13.0. The van der Waals surface area contributed by atoms with E-state index < -0.39 is 11.2 Å². The maximum Gasteiger partial charge on any atom is 0.317 e. The van der Waals surface area contributed by atoms with Gasteiger partial charge in [-0.2, -0.15) is 5.26 Å². The Morgan fingerprint density at radius 1 is 1.53 bits per heavy atom. The molecule has 0 aliphatic rings. The highest BCUT2D eigenvalue weighted by atomic mass is 79.9. The molecule has 1 unspecified atom stereocenters. The van der Waals surface area contributed by atoms with Gasteiger partial charge in [-0.15, -0.1) is 11.8 Å². The predicted octanol–water partition coefficient (Wildman–Crippen LogP) is 3.52. The lowest BCUT2D eigenvalue weighted by molar-refractivity contribution is -0.137. The lowest BCUT2D eigenvalue weighted by Gasteiger charge is -2.16. The van der Waals surface area contributed by atoms with Crippen LogP contribution in [0.1, 0.15) is 19.4 Å². The number of carboxylic acid groups (broad SMARTS) is 1. The van der Waals surface area contributed by atoms with E-state index in [-0.39, 0.29) is 5.92 Å². The molecule has 0 heterocycles. The normalized spacial score (nSPS) is 12.2. The average molecular weight is 314 g/mol. The molecule has 0 fully saturated rings. The first-order valence-corrected chi connectivity index (χ1v) is 6.72. The van der Waals surface area contributed by atoms with Crippen molar-refractivity contribution in [3.8, 4) is 6.07 Å². The van der Waals surface area contributed by atoms with Crippen molar-refractivity contribution in [2.75, 3.05) is 0 Å². The zero-order valence-corrected chi connectivity index (χ0v) is 11.9. The van der Waals surface area contributed by atoms with Gasteiger partial charge in [0, 0.05) is 9.37 Å². The molecule has 0 radical (unpaired) electrons. The maximum atomic E-state index is 11.1. The van der Waals surface area contributed by atoms with Gasteiger partial charge in [-0.3, -0.25) is 4.79 Å². The summed E-state index contributed by atoms with van der Waals surface area (Å²) in [5.74, 6) is -0.850. The van der Waals surface area contributed by atoms with Gasteiger partial charge < -0.3 is 5.11 Å². The molecule has 1 N–H and O–H groups in total. The molecule has 3 nitrogen and oxygen atoms in total. The summed E-state index contributed by atoms with van der Waals surface area (Å²) in [5.41, 5.74) is 0.505. The Kier molecular flexibility index (Phi) is 5.03. The molecule has 0 aliphatic heterocycles. The zero-order valence-electron chi connectivity index (χ0n) is 9.48. The number of aliphatic carboxylic acids is 1. The van der Waals surface area contributed by atoms with Crippen molar-refractivity contribution >= 4 is 33.7 Å². The molecule has 5 heteroatoms. The molecule has 17 heavy (non-hydrogen) atoms. The van der Waals surface area contributed by atoms with Crippen LogP contribution in [0.3, 0.4) is 0 Å². The van der Waals surface area contributed by atoms with Crippen LogP contribution in [0.5, 0.6) is 0 Å². The summed E-state index contributed by atoms with van der Waals surface area (Å²) in [7, 11) is 0. The van der Waals surface area contributed by atoms with E-state index in [1.807, 2.05) is 13.8 Å². The minimum atomic E-state index is -0.853. The number of rotatable bonds is 4. The molecule has 0 bridgehead atoms. The number of benzene rings is 1. The average Bonchev–Trinajstić information content (AvgIpc) is 2.25. The fourth-order valence-corrected chi connectivity index (χ4v) is 2.89. The van der Waals surface area contributed by atoms with Crippen LogP contribution in [0.4, 0.5) is 0 Å². The Hall–Kier alpha value is -0.990. The molecule has 1 atom stereocenters. The quantitative estimate of drug-likeness (QED) is 0.864. The number of thioether (sulfide) groups is 1. The summed E-state index contributed by atoms with van der Waals surface area (Å²) in [6.07, 6.45) is 0. The van der Waals surface area contributed by atoms with Gasteiger partial charge in [0.05, 0.1) is 5.56 Å². The predicted molar refractivity (Wildman–Crippen MR) is 71.0 cm³/mol. The van der Waals surface area contributed by atoms with Gasteiger partial charge in [0.25, 0.3) is 0 Å². The third-order valence-corrected chi connectivity index (χ3v) is 4.25. The van der Waals surface area contributed by atoms with Crippen LogP contribution in [0.25, 0.3) is 0 Å². The first kappa shape index (κ1) is 14.1. The van der Waals surface area contributed by atoms with Gasteiger partial charge in [0.15, 0.2) is 0 Å². The highest BCUT2D eigenvalue weighted by Gasteiger charge is 2.23. The van der Waals surface area contributed by atoms with Gasteiger partial charge in [-0.05, 0) is 24.1 Å². The van der Waals surface area contributed by atoms with Crippen molar-refractivity contribution < 1.29 is 9.90 Å². The van der Waals surface area contributed by atoms with Crippen LogP contribution in [-0.2, 0) is 4.79 Å². The Labute approximate surface area is 113 Å². The van der Waals surface area contributed by atoms with Crippen molar-refractivity contribution in [1.29, 1.82) is 5.26 Å². The number of carboxylic acids is 1. The minimum Gasteiger partial charge on any atom is -0.480 e. The topological polar surface area (TPSA) is 61.1 Å². The first-order chi connectivity index (χ1) is 7.95. The lowest BCUT2D eigenvalue weighted by atomic mass is 10.1. The van der Waals surface area contributed by atoms with Crippen molar-refractivity contribution in [1.82, 2.24) is 0 Å². The van der Waals surface area contributed by atoms with E-state index in [0.29, 0.717) is 10.5 Å². The first-order valence-electron chi connectivity index (χ1n) is 5.04. The van der Waals surface area contributed by atoms with Crippen LogP contribution in [0.2, 0.25) is 0 Å². The number of hydrogen-bond acceptors (Lipinski definition) is 3. The minimum absolute atomic E-state index is 0.00280. The van der Waals surface area contributed by atoms with Crippen LogP contribution >= 0.6 is 27.7 Å². The van der Waals surface area contributed by atoms with E-state index in [0.717, 1.165) is 4.47 Å². The molecule has 1 rings (SSSR count). The van der Waals surface area contributed by atoms with Crippen LogP contribution in [-0.4, -0.2) is 16.3 Å². The molecular weight excluding hydrogens is 302 g/mol. The van der Waals surface area contributed by atoms with Crippen LogP contribution in [0.15, 0.2) is 27.6 Å². The van der Waals surface area contributed by atoms with Crippen molar-refractivity contribution in [2.45, 2.75) is 24.0 Å². The van der Waals surface area contributed by atoms with Gasteiger partial charge in [0.2, 0.25) is 0 Å². The Balaban J connectivity index is 3.05. The monoisotopic (exact) mass is 313 g/mol. The fraction of sp³-hybridized carbons (Fsp3) is 0.333. The van der Waals surface area contributed by atoms with E-state index in [1.54, 1.807) is 18.2 Å². The van der Waals surface area contributed by atoms with Gasteiger partial charge in [0.1, 0.15) is 11.3 Å². The number of hydrogen-bond donors (Lipinski definition) is 1. The number of nitrogens with zero attached hydrogens (tertiary/aromatic N) is 1. The molecule has 0 saturated heterocycles. The fourth-order valence-electron chi connectivity index (χ4n) is 1.29. The summed E-state index contributed by atoms with van der Waals surface area (Å²) < 4.78 is 0.840. The van der Waals surface area contributed by atoms with Gasteiger partial charge in [-0.25, -0.2) is 0 Å². The smallest absolute Gasteiger partial charge is 0.317 e. The molecule has 0 aromatic heterocycles. The molecule has 0 saturated carbocycles. The van der Waals surface area contributed by atoms with Crippen LogP contribution < -0.4 is 0 Å². The highest BCUT2D eigenvalue weighted by molar-refractivity contribution is 9.10. The van der Waals surface area contributed by atoms with Crippen LogP contribution in [0, 0.1) is 17.2 Å². The molecule has 0 amide bonds. The maximum absolute atomic E-state index is 11.1. The molecular formula is C12H12BrNO2S. The van der Waals surface area contributed by atoms with Crippen molar-refractivity contribution in [3.05, 3.63) is 28.2 Å².